The van der Waals surface area contributed by atoms with Gasteiger partial charge in [-0.2, -0.15) is 9.78 Å². The van der Waals surface area contributed by atoms with Gasteiger partial charge in [-0.15, -0.1) is 0 Å². The monoisotopic (exact) mass is 386 g/mol. The van der Waals surface area contributed by atoms with Gasteiger partial charge in [0.25, 0.3) is 0 Å². The number of nitrogens with two attached hydrogens (primary N) is 1. The van der Waals surface area contributed by atoms with E-state index in [-0.39, 0.29) is 5.82 Å². The second-order valence-corrected chi connectivity index (χ2v) is 7.11. The molecule has 0 unspecified atom stereocenters. The number of benzene rings is 2. The molecule has 150 valence electrons. The molecule has 2 aromatic carbocycles. The normalized spacial score (nSPS) is 11.0. The van der Waals surface area contributed by atoms with E-state index in [9.17, 15) is 9.18 Å². The van der Waals surface area contributed by atoms with Crippen molar-refractivity contribution in [2.24, 2.45) is 0 Å². The van der Waals surface area contributed by atoms with Gasteiger partial charge >= 0.3 is 6.09 Å². The zero-order chi connectivity index (χ0) is 21.1. The number of ether oxygens (including phenoxy) is 1. The van der Waals surface area contributed by atoms with Crippen molar-refractivity contribution >= 4 is 34.1 Å². The number of anilines is 3. The van der Waals surface area contributed by atoms with Crippen molar-refractivity contribution in [1.29, 1.82) is 0 Å². The predicted octanol–water partition coefficient (Wildman–Crippen LogP) is 5.62. The molecule has 1 heterocycles. The molecular weight excluding hydrogens is 359 g/mol. The third kappa shape index (κ3) is 4.60. The summed E-state index contributed by atoms with van der Waals surface area (Å²) in [6.07, 6.45) is 0.911. The van der Waals surface area contributed by atoms with E-state index in [1.54, 1.807) is 45.0 Å². The minimum atomic E-state index is -0.644. The molecule has 3 N–H and O–H groups in total. The molecule has 0 aliphatic heterocycles. The number of aromatic nitrogens is 2. The zero-order valence-corrected chi connectivity index (χ0v) is 17.1. The highest BCUT2D eigenvalue weighted by Crippen LogP contribution is 2.33. The number of aryl methyl sites for hydroxylation is 1. The number of nitrogen functional groups attached to an aromatic ring is 1. The molecule has 0 saturated carbocycles. The van der Waals surface area contributed by atoms with Gasteiger partial charge in [-0.05, 0) is 57.5 Å². The van der Waals surface area contributed by atoms with Crippen LogP contribution in [0.1, 0.15) is 40.2 Å². The summed E-state index contributed by atoms with van der Waals surface area (Å²) < 4.78 is 20.7. The summed E-state index contributed by atoms with van der Waals surface area (Å²) >= 11 is 0. The lowest BCUT2D eigenvalue weighted by Crippen LogP contribution is -2.27. The van der Waals surface area contributed by atoms with Gasteiger partial charge in [-0.3, -0.25) is 0 Å². The van der Waals surface area contributed by atoms with Crippen LogP contribution < -0.4 is 11.1 Å². The Kier molecular flexibility index (Phi) is 6.28. The van der Waals surface area contributed by atoms with Crippen LogP contribution in [0.15, 0.2) is 36.5 Å². The van der Waals surface area contributed by atoms with Crippen LogP contribution in [0.2, 0.25) is 0 Å². The molecule has 0 amide bonds. The summed E-state index contributed by atoms with van der Waals surface area (Å²) in [5.41, 5.74) is 7.95. The van der Waals surface area contributed by atoms with Crippen molar-refractivity contribution < 1.29 is 13.9 Å². The predicted molar refractivity (Wildman–Crippen MR) is 112 cm³/mol. The summed E-state index contributed by atoms with van der Waals surface area (Å²) in [5, 5.41) is 7.71. The smallest absolute Gasteiger partial charge is 0.435 e. The Labute approximate surface area is 164 Å². The van der Waals surface area contributed by atoms with Gasteiger partial charge in [0.15, 0.2) is 0 Å². The fraction of sp³-hybridized carbons (Fsp3) is 0.333. The Morgan fingerprint density at radius 1 is 1.21 bits per heavy atom. The van der Waals surface area contributed by atoms with E-state index in [1.807, 2.05) is 20.8 Å². The first kappa shape index (κ1) is 21.2. The molecular formula is C21H27FN4O2. The fourth-order valence-corrected chi connectivity index (χ4v) is 2.56. The number of hydrogen-bond donors (Lipinski definition) is 2. The summed E-state index contributed by atoms with van der Waals surface area (Å²) in [6.45, 7) is 11.2. The standard InChI is InChI=1S/C19H21FN4O2.C2H6/c1-11-5-7-15(13(20)9-11)23-17-12-10-22-24(16(12)8-6-14(17)21)18(25)26-19(2,3)4;1-2/h5-10,23H,21H2,1-4H3;1-2H3. The molecule has 3 aromatic rings. The number of nitrogens with zero attached hydrogens (tertiary/aromatic N) is 2. The first-order chi connectivity index (χ1) is 13.2. The van der Waals surface area contributed by atoms with E-state index in [4.69, 9.17) is 10.5 Å². The lowest BCUT2D eigenvalue weighted by Gasteiger charge is -2.19. The second kappa shape index (κ2) is 8.29. The van der Waals surface area contributed by atoms with Crippen LogP contribution in [-0.4, -0.2) is 21.5 Å². The maximum absolute atomic E-state index is 14.2. The Balaban J connectivity index is 0.00000136. The molecule has 0 radical (unpaired) electrons. The van der Waals surface area contributed by atoms with Gasteiger partial charge in [0, 0.05) is 5.39 Å². The van der Waals surface area contributed by atoms with Crippen LogP contribution in [0.4, 0.5) is 26.2 Å². The van der Waals surface area contributed by atoms with Gasteiger partial charge in [-0.1, -0.05) is 19.9 Å². The van der Waals surface area contributed by atoms with Crippen LogP contribution in [0.25, 0.3) is 10.9 Å². The van der Waals surface area contributed by atoms with Crippen molar-refractivity contribution in [2.75, 3.05) is 11.1 Å². The van der Waals surface area contributed by atoms with E-state index in [0.717, 1.165) is 10.2 Å². The third-order valence-electron chi connectivity index (χ3n) is 3.74. The van der Waals surface area contributed by atoms with Gasteiger partial charge in [0.05, 0.1) is 28.8 Å². The lowest BCUT2D eigenvalue weighted by molar-refractivity contribution is 0.0522. The number of rotatable bonds is 2. The first-order valence-electron chi connectivity index (χ1n) is 9.18. The Morgan fingerprint density at radius 3 is 2.50 bits per heavy atom. The average Bonchev–Trinajstić information content (AvgIpc) is 3.04. The number of halogens is 1. The SMILES string of the molecule is CC.Cc1ccc(Nc2c(N)ccc3c2cnn3C(=O)OC(C)(C)C)c(F)c1. The molecule has 3 rings (SSSR count). The highest BCUT2D eigenvalue weighted by molar-refractivity contribution is 6.02. The van der Waals surface area contributed by atoms with Crippen molar-refractivity contribution in [3.05, 3.63) is 47.9 Å². The van der Waals surface area contributed by atoms with E-state index < -0.39 is 11.7 Å². The summed E-state index contributed by atoms with van der Waals surface area (Å²) in [6, 6.07) is 8.19. The van der Waals surface area contributed by atoms with Crippen molar-refractivity contribution in [1.82, 2.24) is 9.78 Å². The van der Waals surface area contributed by atoms with E-state index >= 15 is 0 Å². The van der Waals surface area contributed by atoms with Crippen molar-refractivity contribution in [3.8, 4) is 0 Å². The molecule has 28 heavy (non-hydrogen) atoms. The second-order valence-electron chi connectivity index (χ2n) is 7.11. The average molecular weight is 386 g/mol. The zero-order valence-electron chi connectivity index (χ0n) is 17.1. The fourth-order valence-electron chi connectivity index (χ4n) is 2.56. The largest absolute Gasteiger partial charge is 0.442 e. The molecule has 1 aromatic heterocycles. The van der Waals surface area contributed by atoms with Gasteiger partial charge < -0.3 is 15.8 Å². The third-order valence-corrected chi connectivity index (χ3v) is 3.74. The first-order valence-corrected chi connectivity index (χ1v) is 9.18. The number of hydrogen-bond acceptors (Lipinski definition) is 5. The minimum Gasteiger partial charge on any atom is -0.442 e. The maximum Gasteiger partial charge on any atom is 0.435 e. The number of fused-ring (bicyclic) bond motifs is 1. The minimum absolute atomic E-state index is 0.291. The van der Waals surface area contributed by atoms with Gasteiger partial charge in [-0.25, -0.2) is 9.18 Å². The van der Waals surface area contributed by atoms with Crippen molar-refractivity contribution in [2.45, 2.75) is 47.1 Å². The Morgan fingerprint density at radius 2 is 1.89 bits per heavy atom. The van der Waals surface area contributed by atoms with Crippen LogP contribution in [0.3, 0.4) is 0 Å². The van der Waals surface area contributed by atoms with Crippen LogP contribution in [0.5, 0.6) is 0 Å². The number of nitrogens with one attached hydrogen (secondary N) is 1. The summed E-state index contributed by atoms with van der Waals surface area (Å²) in [7, 11) is 0. The van der Waals surface area contributed by atoms with Crippen molar-refractivity contribution in [3.63, 3.8) is 0 Å². The van der Waals surface area contributed by atoms with Gasteiger partial charge in [0.2, 0.25) is 0 Å². The highest BCUT2D eigenvalue weighted by atomic mass is 19.1. The summed E-state index contributed by atoms with van der Waals surface area (Å²) in [5.74, 6) is -0.388. The molecule has 0 aliphatic rings. The molecule has 0 saturated heterocycles. The maximum atomic E-state index is 14.2. The lowest BCUT2D eigenvalue weighted by atomic mass is 10.1. The highest BCUT2D eigenvalue weighted by Gasteiger charge is 2.21. The molecule has 7 heteroatoms. The van der Waals surface area contributed by atoms with Crippen LogP contribution in [0, 0.1) is 12.7 Å². The van der Waals surface area contributed by atoms with Crippen LogP contribution in [-0.2, 0) is 4.74 Å². The number of carbonyl (C=O) groups excluding carboxylic acids is 1. The molecule has 0 atom stereocenters. The molecule has 0 fully saturated rings. The van der Waals surface area contributed by atoms with Crippen LogP contribution >= 0.6 is 0 Å². The van der Waals surface area contributed by atoms with Gasteiger partial charge in [0.1, 0.15) is 11.4 Å². The molecule has 0 spiro atoms. The molecule has 6 nitrogen and oxygen atoms in total. The topological polar surface area (TPSA) is 82.2 Å². The van der Waals surface area contributed by atoms with E-state index in [2.05, 4.69) is 10.4 Å². The van der Waals surface area contributed by atoms with E-state index in [1.165, 1.54) is 12.3 Å². The quantitative estimate of drug-likeness (QED) is 0.559. The Hall–Kier alpha value is -3.09. The molecule has 0 aliphatic carbocycles. The van der Waals surface area contributed by atoms with E-state index in [0.29, 0.717) is 28.0 Å². The Bertz CT molecular complexity index is 990. The molecule has 0 bridgehead atoms. The summed E-state index contributed by atoms with van der Waals surface area (Å²) in [4.78, 5) is 12.3. The number of carbonyl (C=O) groups is 1.